The first kappa shape index (κ1) is 10.5. The Hall–Kier alpha value is -0.610. The third kappa shape index (κ3) is 2.67. The van der Waals surface area contributed by atoms with Crippen molar-refractivity contribution in [2.75, 3.05) is 6.54 Å². The number of aliphatic hydroxyl groups excluding tert-OH is 1. The number of carbonyl (C=O) groups excluding carboxylic acids is 1. The maximum absolute atomic E-state index is 11.5. The van der Waals surface area contributed by atoms with Gasteiger partial charge in [0.25, 0.3) is 0 Å². The van der Waals surface area contributed by atoms with Crippen LogP contribution in [0.15, 0.2) is 0 Å². The Morgan fingerprint density at radius 3 is 2.69 bits per heavy atom. The minimum Gasteiger partial charge on any atom is -0.392 e. The summed E-state index contributed by atoms with van der Waals surface area (Å²) in [6, 6.07) is 0. The molecule has 0 bridgehead atoms. The first-order chi connectivity index (χ1) is 5.94. The zero-order valence-electron chi connectivity index (χ0n) is 8.21. The van der Waals surface area contributed by atoms with Crippen molar-refractivity contribution < 1.29 is 9.90 Å². The molecule has 2 atom stereocenters. The van der Waals surface area contributed by atoms with Gasteiger partial charge in [-0.1, -0.05) is 0 Å². The van der Waals surface area contributed by atoms with E-state index in [1.165, 1.54) is 0 Å². The molecular formula is C9H18N2O2. The van der Waals surface area contributed by atoms with Gasteiger partial charge < -0.3 is 16.2 Å². The summed E-state index contributed by atoms with van der Waals surface area (Å²) in [7, 11) is 0. The lowest BCUT2D eigenvalue weighted by Crippen LogP contribution is -2.54. The zero-order chi connectivity index (χ0) is 10.1. The van der Waals surface area contributed by atoms with Gasteiger partial charge in [0.2, 0.25) is 5.91 Å². The van der Waals surface area contributed by atoms with E-state index < -0.39 is 11.6 Å². The van der Waals surface area contributed by atoms with Crippen molar-refractivity contribution >= 4 is 5.91 Å². The van der Waals surface area contributed by atoms with Crippen LogP contribution in [0.3, 0.4) is 0 Å². The molecule has 76 valence electrons. The van der Waals surface area contributed by atoms with Crippen LogP contribution in [0.25, 0.3) is 0 Å². The molecule has 0 heterocycles. The topological polar surface area (TPSA) is 75.3 Å². The minimum atomic E-state index is -0.755. The molecule has 0 aromatic rings. The monoisotopic (exact) mass is 186 g/mol. The van der Waals surface area contributed by atoms with Gasteiger partial charge in [-0.25, -0.2) is 0 Å². The lowest BCUT2D eigenvalue weighted by Gasteiger charge is -2.23. The smallest absolute Gasteiger partial charge is 0.240 e. The highest BCUT2D eigenvalue weighted by Crippen LogP contribution is 2.37. The van der Waals surface area contributed by atoms with Gasteiger partial charge in [0.15, 0.2) is 0 Å². The highest BCUT2D eigenvalue weighted by Gasteiger charge is 2.43. The van der Waals surface area contributed by atoms with Crippen molar-refractivity contribution in [2.45, 2.75) is 38.3 Å². The highest BCUT2D eigenvalue weighted by molar-refractivity contribution is 5.86. The zero-order valence-corrected chi connectivity index (χ0v) is 8.21. The summed E-state index contributed by atoms with van der Waals surface area (Å²) in [6.45, 7) is 3.66. The van der Waals surface area contributed by atoms with Crippen LogP contribution >= 0.6 is 0 Å². The van der Waals surface area contributed by atoms with Crippen LogP contribution in [0, 0.1) is 5.92 Å². The second-order valence-corrected chi connectivity index (χ2v) is 4.12. The lowest BCUT2D eigenvalue weighted by atomic mass is 9.96. The van der Waals surface area contributed by atoms with Crippen LogP contribution in [-0.4, -0.2) is 29.2 Å². The van der Waals surface area contributed by atoms with Gasteiger partial charge in [-0.05, 0) is 32.6 Å². The Morgan fingerprint density at radius 2 is 2.31 bits per heavy atom. The van der Waals surface area contributed by atoms with Gasteiger partial charge in [-0.15, -0.1) is 0 Å². The van der Waals surface area contributed by atoms with E-state index in [1.54, 1.807) is 13.8 Å². The van der Waals surface area contributed by atoms with E-state index >= 15 is 0 Å². The molecule has 0 radical (unpaired) electrons. The molecule has 0 saturated heterocycles. The van der Waals surface area contributed by atoms with Gasteiger partial charge in [-0.2, -0.15) is 0 Å². The van der Waals surface area contributed by atoms with Crippen LogP contribution in [0.1, 0.15) is 26.7 Å². The number of nitrogens with two attached hydrogens (primary N) is 1. The van der Waals surface area contributed by atoms with Crippen LogP contribution in [0.5, 0.6) is 0 Å². The Balaban J connectivity index is 2.37. The van der Waals surface area contributed by atoms with Crippen molar-refractivity contribution in [2.24, 2.45) is 11.7 Å². The van der Waals surface area contributed by atoms with Crippen molar-refractivity contribution in [3.05, 3.63) is 0 Å². The van der Waals surface area contributed by atoms with E-state index in [4.69, 9.17) is 10.8 Å². The van der Waals surface area contributed by atoms with Gasteiger partial charge in [0.1, 0.15) is 0 Å². The van der Waals surface area contributed by atoms with Crippen molar-refractivity contribution in [3.8, 4) is 0 Å². The molecule has 0 aromatic heterocycles. The van der Waals surface area contributed by atoms with Crippen LogP contribution in [-0.2, 0) is 4.79 Å². The Bertz CT molecular complexity index is 198. The predicted octanol–water partition coefficient (Wildman–Crippen LogP) is -0.389. The van der Waals surface area contributed by atoms with Crippen molar-refractivity contribution in [3.63, 3.8) is 0 Å². The molecule has 1 aliphatic carbocycles. The van der Waals surface area contributed by atoms with Gasteiger partial charge in [-0.3, -0.25) is 4.79 Å². The average molecular weight is 186 g/mol. The fourth-order valence-corrected chi connectivity index (χ4v) is 1.30. The standard InChI is InChI=1S/C9H18N2O2/c1-6(12)5-11-8(13)9(2,10)7-3-4-7/h6-7,12H,3-5,10H2,1-2H3,(H,11,13)/t6-,9?/m0/s1. The van der Waals surface area contributed by atoms with E-state index in [0.29, 0.717) is 5.92 Å². The van der Waals surface area contributed by atoms with E-state index in [-0.39, 0.29) is 12.5 Å². The molecule has 1 unspecified atom stereocenters. The van der Waals surface area contributed by atoms with Gasteiger partial charge >= 0.3 is 0 Å². The Labute approximate surface area is 78.5 Å². The second kappa shape index (κ2) is 3.64. The molecular weight excluding hydrogens is 168 g/mol. The third-order valence-corrected chi connectivity index (χ3v) is 2.47. The Morgan fingerprint density at radius 1 is 1.77 bits per heavy atom. The van der Waals surface area contributed by atoms with Gasteiger partial charge in [0, 0.05) is 6.54 Å². The van der Waals surface area contributed by atoms with E-state index in [0.717, 1.165) is 12.8 Å². The average Bonchev–Trinajstić information content (AvgIpc) is 2.81. The molecule has 1 amide bonds. The normalized spacial score (nSPS) is 23.4. The number of hydrogen-bond acceptors (Lipinski definition) is 3. The fraction of sp³-hybridized carbons (Fsp3) is 0.889. The SMILES string of the molecule is C[C@H](O)CNC(=O)C(C)(N)C1CC1. The summed E-state index contributed by atoms with van der Waals surface area (Å²) in [5.74, 6) is 0.164. The summed E-state index contributed by atoms with van der Waals surface area (Å²) in [5, 5.41) is 11.6. The molecule has 1 aliphatic rings. The third-order valence-electron chi connectivity index (χ3n) is 2.47. The number of amides is 1. The van der Waals surface area contributed by atoms with Crippen molar-refractivity contribution in [1.29, 1.82) is 0 Å². The minimum absolute atomic E-state index is 0.157. The first-order valence-corrected chi connectivity index (χ1v) is 4.70. The summed E-state index contributed by atoms with van der Waals surface area (Å²) in [5.41, 5.74) is 5.10. The predicted molar refractivity (Wildman–Crippen MR) is 50.0 cm³/mol. The number of nitrogens with one attached hydrogen (secondary N) is 1. The van der Waals surface area contributed by atoms with Crippen LogP contribution < -0.4 is 11.1 Å². The molecule has 13 heavy (non-hydrogen) atoms. The van der Waals surface area contributed by atoms with E-state index in [1.807, 2.05) is 0 Å². The number of hydrogen-bond donors (Lipinski definition) is 3. The molecule has 4 nitrogen and oxygen atoms in total. The summed E-state index contributed by atoms with van der Waals surface area (Å²) in [4.78, 5) is 11.5. The number of aliphatic hydroxyl groups is 1. The number of carbonyl (C=O) groups is 1. The number of rotatable bonds is 4. The quantitative estimate of drug-likeness (QED) is 0.559. The highest BCUT2D eigenvalue weighted by atomic mass is 16.3. The Kier molecular flexibility index (Phi) is 2.93. The van der Waals surface area contributed by atoms with E-state index in [2.05, 4.69) is 5.32 Å². The maximum Gasteiger partial charge on any atom is 0.240 e. The van der Waals surface area contributed by atoms with Gasteiger partial charge in [0.05, 0.1) is 11.6 Å². The summed E-state index contributed by atoms with van der Waals surface area (Å²) >= 11 is 0. The van der Waals surface area contributed by atoms with Crippen LogP contribution in [0.2, 0.25) is 0 Å². The fourth-order valence-electron chi connectivity index (χ4n) is 1.30. The molecule has 1 fully saturated rings. The van der Waals surface area contributed by atoms with E-state index in [9.17, 15) is 4.79 Å². The molecule has 0 aliphatic heterocycles. The van der Waals surface area contributed by atoms with Crippen molar-refractivity contribution in [1.82, 2.24) is 5.32 Å². The second-order valence-electron chi connectivity index (χ2n) is 4.12. The molecule has 4 N–H and O–H groups in total. The van der Waals surface area contributed by atoms with Crippen LogP contribution in [0.4, 0.5) is 0 Å². The summed E-state index contributed by atoms with van der Waals surface area (Å²) in [6.07, 6.45) is 1.56. The molecule has 4 heteroatoms. The molecule has 1 rings (SSSR count). The molecule has 0 aromatic carbocycles. The largest absolute Gasteiger partial charge is 0.392 e. The first-order valence-electron chi connectivity index (χ1n) is 4.70. The molecule has 0 spiro atoms. The molecule has 1 saturated carbocycles. The lowest BCUT2D eigenvalue weighted by molar-refractivity contribution is -0.126. The summed E-state index contributed by atoms with van der Waals surface area (Å²) < 4.78 is 0. The maximum atomic E-state index is 11.5.